The van der Waals surface area contributed by atoms with E-state index in [2.05, 4.69) is 5.32 Å². The van der Waals surface area contributed by atoms with Gasteiger partial charge in [0.25, 0.3) is 11.8 Å². The number of anilines is 1. The maximum absolute atomic E-state index is 12.5. The van der Waals surface area contributed by atoms with E-state index in [1.165, 1.54) is 0 Å². The third-order valence-corrected chi connectivity index (χ3v) is 3.85. The van der Waals surface area contributed by atoms with Gasteiger partial charge in [0.15, 0.2) is 0 Å². The third kappa shape index (κ3) is 3.95. The zero-order chi connectivity index (χ0) is 17.6. The highest BCUT2D eigenvalue weighted by Gasteiger charge is 2.14. The Morgan fingerprint density at radius 1 is 0.920 bits per heavy atom. The quantitative estimate of drug-likeness (QED) is 0.777. The van der Waals surface area contributed by atoms with E-state index < -0.39 is 0 Å². The van der Waals surface area contributed by atoms with Gasteiger partial charge in [-0.2, -0.15) is 0 Å². The summed E-state index contributed by atoms with van der Waals surface area (Å²) in [6, 6.07) is 19.6. The number of rotatable bonds is 5. The number of nitrogens with one attached hydrogen (secondary N) is 1. The Balaban J connectivity index is 1.65. The fourth-order valence-electron chi connectivity index (χ4n) is 2.41. The van der Waals surface area contributed by atoms with Crippen molar-refractivity contribution in [3.05, 3.63) is 89.9 Å². The number of hydrogen-bond acceptors (Lipinski definition) is 3. The lowest BCUT2D eigenvalue weighted by atomic mass is 10.1. The molecule has 0 saturated heterocycles. The van der Waals surface area contributed by atoms with Gasteiger partial charge in [-0.05, 0) is 48.5 Å². The van der Waals surface area contributed by atoms with Gasteiger partial charge in [-0.1, -0.05) is 18.2 Å². The summed E-state index contributed by atoms with van der Waals surface area (Å²) >= 11 is 0. The Bertz CT molecular complexity index is 840. The molecule has 0 atom stereocenters. The maximum Gasteiger partial charge on any atom is 0.258 e. The fourth-order valence-corrected chi connectivity index (χ4v) is 2.41. The molecule has 3 aromatic rings. The van der Waals surface area contributed by atoms with Gasteiger partial charge in [-0.25, -0.2) is 0 Å². The SMILES string of the molecule is CN(C(=O)c1ccc(C(=O)NCc2ccco2)cc1)c1ccccc1. The van der Waals surface area contributed by atoms with Crippen molar-refractivity contribution < 1.29 is 14.0 Å². The highest BCUT2D eigenvalue weighted by Crippen LogP contribution is 2.15. The molecule has 0 fully saturated rings. The number of hydrogen-bond donors (Lipinski definition) is 1. The van der Waals surface area contributed by atoms with Crippen LogP contribution in [0.15, 0.2) is 77.4 Å². The molecule has 0 radical (unpaired) electrons. The number of carbonyl (C=O) groups excluding carboxylic acids is 2. The standard InChI is InChI=1S/C20H18N2O3/c1-22(17-6-3-2-4-7-17)20(24)16-11-9-15(10-12-16)19(23)21-14-18-8-5-13-25-18/h2-13H,14H2,1H3,(H,21,23). The van der Waals surface area contributed by atoms with Gasteiger partial charge in [-0.3, -0.25) is 9.59 Å². The monoisotopic (exact) mass is 334 g/mol. The predicted octanol–water partition coefficient (Wildman–Crippen LogP) is 3.49. The molecule has 1 aromatic heterocycles. The second kappa shape index (κ2) is 7.49. The zero-order valence-corrected chi connectivity index (χ0v) is 13.8. The summed E-state index contributed by atoms with van der Waals surface area (Å²) in [6.07, 6.45) is 1.56. The molecule has 0 aliphatic carbocycles. The molecule has 5 nitrogen and oxygen atoms in total. The van der Waals surface area contributed by atoms with E-state index in [1.54, 1.807) is 54.6 Å². The number of benzene rings is 2. The number of amides is 2. The highest BCUT2D eigenvalue weighted by atomic mass is 16.3. The molecule has 126 valence electrons. The van der Waals surface area contributed by atoms with Gasteiger partial charge in [0.2, 0.25) is 0 Å². The van der Waals surface area contributed by atoms with Gasteiger partial charge in [-0.15, -0.1) is 0 Å². The van der Waals surface area contributed by atoms with Crippen LogP contribution in [0.25, 0.3) is 0 Å². The predicted molar refractivity (Wildman–Crippen MR) is 95.5 cm³/mol. The first-order valence-electron chi connectivity index (χ1n) is 7.89. The Labute approximate surface area is 145 Å². The van der Waals surface area contributed by atoms with Crippen LogP contribution in [-0.2, 0) is 6.54 Å². The summed E-state index contributed by atoms with van der Waals surface area (Å²) in [7, 11) is 1.72. The van der Waals surface area contributed by atoms with E-state index in [1.807, 2.05) is 30.3 Å². The second-order valence-electron chi connectivity index (χ2n) is 5.54. The van der Waals surface area contributed by atoms with Gasteiger partial charge < -0.3 is 14.6 Å². The summed E-state index contributed by atoms with van der Waals surface area (Å²) < 4.78 is 5.17. The van der Waals surface area contributed by atoms with Crippen LogP contribution >= 0.6 is 0 Å². The smallest absolute Gasteiger partial charge is 0.258 e. The molecule has 3 rings (SSSR count). The van der Waals surface area contributed by atoms with E-state index in [-0.39, 0.29) is 11.8 Å². The molecule has 25 heavy (non-hydrogen) atoms. The average molecular weight is 334 g/mol. The van der Waals surface area contributed by atoms with Crippen molar-refractivity contribution in [2.45, 2.75) is 6.54 Å². The van der Waals surface area contributed by atoms with Crippen molar-refractivity contribution in [3.63, 3.8) is 0 Å². The number of furan rings is 1. The Morgan fingerprint density at radius 3 is 2.24 bits per heavy atom. The topological polar surface area (TPSA) is 62.6 Å². The van der Waals surface area contributed by atoms with Crippen LogP contribution in [0.4, 0.5) is 5.69 Å². The van der Waals surface area contributed by atoms with Crippen molar-refractivity contribution in [1.29, 1.82) is 0 Å². The van der Waals surface area contributed by atoms with E-state index in [0.717, 1.165) is 5.69 Å². The maximum atomic E-state index is 12.5. The van der Waals surface area contributed by atoms with Crippen LogP contribution in [0, 0.1) is 0 Å². The normalized spacial score (nSPS) is 10.3. The average Bonchev–Trinajstić information content (AvgIpc) is 3.19. The van der Waals surface area contributed by atoms with Gasteiger partial charge >= 0.3 is 0 Å². The molecular formula is C20H18N2O3. The van der Waals surface area contributed by atoms with Crippen molar-refractivity contribution >= 4 is 17.5 Å². The van der Waals surface area contributed by atoms with Crippen LogP contribution in [0.2, 0.25) is 0 Å². The number of nitrogens with zero attached hydrogens (tertiary/aromatic N) is 1. The first kappa shape index (κ1) is 16.5. The molecule has 1 N–H and O–H groups in total. The molecule has 2 aromatic carbocycles. The summed E-state index contributed by atoms with van der Waals surface area (Å²) in [6.45, 7) is 0.323. The largest absolute Gasteiger partial charge is 0.467 e. The molecule has 0 saturated carbocycles. The first-order valence-corrected chi connectivity index (χ1v) is 7.89. The van der Waals surface area contributed by atoms with Crippen molar-refractivity contribution in [2.75, 3.05) is 11.9 Å². The molecule has 0 unspecified atom stereocenters. The molecule has 0 bridgehead atoms. The van der Waals surface area contributed by atoms with Crippen LogP contribution in [0.3, 0.4) is 0 Å². The molecule has 1 heterocycles. The third-order valence-electron chi connectivity index (χ3n) is 3.85. The Kier molecular flexibility index (Phi) is 4.95. The first-order chi connectivity index (χ1) is 12.1. The Morgan fingerprint density at radius 2 is 1.60 bits per heavy atom. The van der Waals surface area contributed by atoms with Crippen molar-refractivity contribution in [1.82, 2.24) is 5.32 Å². The van der Waals surface area contributed by atoms with Gasteiger partial charge in [0.05, 0.1) is 12.8 Å². The second-order valence-corrected chi connectivity index (χ2v) is 5.54. The summed E-state index contributed by atoms with van der Waals surface area (Å²) in [5, 5.41) is 2.77. The lowest BCUT2D eigenvalue weighted by Gasteiger charge is -2.17. The molecule has 0 aliphatic rings. The lowest BCUT2D eigenvalue weighted by Crippen LogP contribution is -2.26. The van der Waals surface area contributed by atoms with Crippen LogP contribution in [-0.4, -0.2) is 18.9 Å². The van der Waals surface area contributed by atoms with E-state index in [9.17, 15) is 9.59 Å². The zero-order valence-electron chi connectivity index (χ0n) is 13.8. The summed E-state index contributed by atoms with van der Waals surface area (Å²) in [4.78, 5) is 26.2. The van der Waals surface area contributed by atoms with Crippen LogP contribution in [0.1, 0.15) is 26.5 Å². The highest BCUT2D eigenvalue weighted by molar-refractivity contribution is 6.06. The molecule has 2 amide bonds. The molecule has 5 heteroatoms. The molecule has 0 aliphatic heterocycles. The van der Waals surface area contributed by atoms with E-state index in [4.69, 9.17) is 4.42 Å². The van der Waals surface area contributed by atoms with Crippen LogP contribution < -0.4 is 10.2 Å². The number of carbonyl (C=O) groups is 2. The van der Waals surface area contributed by atoms with Crippen molar-refractivity contribution in [3.8, 4) is 0 Å². The van der Waals surface area contributed by atoms with Crippen LogP contribution in [0.5, 0.6) is 0 Å². The Hall–Kier alpha value is -3.34. The van der Waals surface area contributed by atoms with Gasteiger partial charge in [0, 0.05) is 23.9 Å². The van der Waals surface area contributed by atoms with E-state index in [0.29, 0.717) is 23.4 Å². The molecular weight excluding hydrogens is 316 g/mol. The lowest BCUT2D eigenvalue weighted by molar-refractivity contribution is 0.0945. The van der Waals surface area contributed by atoms with E-state index >= 15 is 0 Å². The van der Waals surface area contributed by atoms with Gasteiger partial charge in [0.1, 0.15) is 5.76 Å². The minimum atomic E-state index is -0.216. The number of para-hydroxylation sites is 1. The minimum absolute atomic E-state index is 0.131. The fraction of sp³-hybridized carbons (Fsp3) is 0.100. The van der Waals surface area contributed by atoms with Crippen molar-refractivity contribution in [2.24, 2.45) is 0 Å². The summed E-state index contributed by atoms with van der Waals surface area (Å²) in [5.74, 6) is 0.338. The minimum Gasteiger partial charge on any atom is -0.467 e. The summed E-state index contributed by atoms with van der Waals surface area (Å²) in [5.41, 5.74) is 1.83. The molecule has 0 spiro atoms.